The third-order valence-electron chi connectivity index (χ3n) is 3.20. The average Bonchev–Trinajstić information content (AvgIpc) is 3.06. The Hall–Kier alpha value is -1.96. The first kappa shape index (κ1) is 17.8. The molecule has 4 nitrogen and oxygen atoms in total. The van der Waals surface area contributed by atoms with Gasteiger partial charge in [0.25, 0.3) is 0 Å². The summed E-state index contributed by atoms with van der Waals surface area (Å²) in [5, 5.41) is 12.3. The monoisotopic (exact) mass is 393 g/mol. The number of aromatic nitrogens is 2. The summed E-state index contributed by atoms with van der Waals surface area (Å²) in [5.41, 5.74) is 1.47. The normalized spacial score (nSPS) is 10.6. The van der Waals surface area contributed by atoms with Crippen LogP contribution in [-0.4, -0.2) is 21.9 Å². The van der Waals surface area contributed by atoms with Crippen LogP contribution in [0.3, 0.4) is 0 Å². The largest absolute Gasteiger partial charge is 0.300 e. The predicted octanol–water partition coefficient (Wildman–Crippen LogP) is 4.87. The lowest BCUT2D eigenvalue weighted by atomic mass is 10.2. The fourth-order valence-electron chi connectivity index (χ4n) is 2.02. The Labute approximate surface area is 157 Å². The minimum absolute atomic E-state index is 0.197. The first-order chi connectivity index (χ1) is 12.1. The number of thioether (sulfide) groups is 1. The molecule has 2 aromatic carbocycles. The fourth-order valence-corrected chi connectivity index (χ4v) is 3.76. The second-order valence-corrected chi connectivity index (χ2v) is 7.45. The van der Waals surface area contributed by atoms with Gasteiger partial charge in [0.05, 0.1) is 5.75 Å². The highest BCUT2D eigenvalue weighted by Crippen LogP contribution is 2.26. The number of hydrogen-bond donors (Lipinski definition) is 1. The average molecular weight is 394 g/mol. The molecule has 1 N–H and O–H groups in total. The topological polar surface area (TPSA) is 54.9 Å². The van der Waals surface area contributed by atoms with Crippen molar-refractivity contribution in [1.29, 1.82) is 0 Å². The molecule has 0 fully saturated rings. The molecule has 0 bridgehead atoms. The summed E-state index contributed by atoms with van der Waals surface area (Å²) in [4.78, 5) is 12.0. The van der Waals surface area contributed by atoms with Crippen LogP contribution in [-0.2, 0) is 10.5 Å². The molecule has 0 saturated carbocycles. The van der Waals surface area contributed by atoms with E-state index in [0.29, 0.717) is 21.5 Å². The van der Waals surface area contributed by atoms with E-state index in [1.165, 1.54) is 29.2 Å². The standard InChI is InChI=1S/C17H13ClFN3OS2/c18-13-7-6-12(14(19)8-13)9-24-10-15(23)20-17-22-21-16(25-17)11-4-2-1-3-5-11/h1-8H,9-10H2,(H,20,22,23). The molecule has 1 amide bonds. The number of amides is 1. The Kier molecular flexibility index (Phi) is 6.01. The van der Waals surface area contributed by atoms with Gasteiger partial charge >= 0.3 is 0 Å². The number of nitrogens with one attached hydrogen (secondary N) is 1. The molecule has 0 saturated heterocycles. The summed E-state index contributed by atoms with van der Waals surface area (Å²) in [5.74, 6) is 0.0246. The first-order valence-corrected chi connectivity index (χ1v) is 9.67. The Morgan fingerprint density at radius 1 is 1.20 bits per heavy atom. The van der Waals surface area contributed by atoms with Crippen LogP contribution in [0.15, 0.2) is 48.5 Å². The maximum atomic E-state index is 13.7. The Bertz CT molecular complexity index is 873. The zero-order valence-corrected chi connectivity index (χ0v) is 15.3. The van der Waals surface area contributed by atoms with E-state index in [1.54, 1.807) is 12.1 Å². The van der Waals surface area contributed by atoms with Crippen molar-refractivity contribution in [2.75, 3.05) is 11.1 Å². The minimum Gasteiger partial charge on any atom is -0.300 e. The maximum absolute atomic E-state index is 13.7. The Morgan fingerprint density at radius 3 is 2.76 bits per heavy atom. The summed E-state index contributed by atoms with van der Waals surface area (Å²) in [6.45, 7) is 0. The molecule has 25 heavy (non-hydrogen) atoms. The highest BCUT2D eigenvalue weighted by molar-refractivity contribution is 7.99. The highest BCUT2D eigenvalue weighted by Gasteiger charge is 2.10. The lowest BCUT2D eigenvalue weighted by molar-refractivity contribution is -0.113. The molecule has 0 aliphatic heterocycles. The molecule has 0 spiro atoms. The molecule has 0 radical (unpaired) electrons. The van der Waals surface area contributed by atoms with Gasteiger partial charge in [0.1, 0.15) is 10.8 Å². The van der Waals surface area contributed by atoms with Crippen LogP contribution < -0.4 is 5.32 Å². The zero-order valence-electron chi connectivity index (χ0n) is 12.9. The van der Waals surface area contributed by atoms with Crippen LogP contribution in [0.1, 0.15) is 5.56 Å². The highest BCUT2D eigenvalue weighted by atomic mass is 35.5. The van der Waals surface area contributed by atoms with Gasteiger partial charge in [0.2, 0.25) is 11.0 Å². The van der Waals surface area contributed by atoms with E-state index in [4.69, 9.17) is 11.6 Å². The maximum Gasteiger partial charge on any atom is 0.236 e. The molecule has 3 aromatic rings. The molecular weight excluding hydrogens is 381 g/mol. The fraction of sp³-hybridized carbons (Fsp3) is 0.118. The van der Waals surface area contributed by atoms with Crippen molar-refractivity contribution < 1.29 is 9.18 Å². The van der Waals surface area contributed by atoms with Crippen LogP contribution >= 0.6 is 34.7 Å². The van der Waals surface area contributed by atoms with Crippen LogP contribution in [0.4, 0.5) is 9.52 Å². The number of carbonyl (C=O) groups is 1. The van der Waals surface area contributed by atoms with Crippen molar-refractivity contribution in [3.05, 3.63) is 64.9 Å². The van der Waals surface area contributed by atoms with Crippen molar-refractivity contribution in [3.8, 4) is 10.6 Å². The molecule has 0 aliphatic rings. The van der Waals surface area contributed by atoms with Crippen molar-refractivity contribution in [1.82, 2.24) is 10.2 Å². The molecule has 128 valence electrons. The summed E-state index contributed by atoms with van der Waals surface area (Å²) in [6, 6.07) is 14.2. The third kappa shape index (κ3) is 5.01. The van der Waals surface area contributed by atoms with Gasteiger partial charge in [-0.05, 0) is 17.7 Å². The Balaban J connectivity index is 1.50. The van der Waals surface area contributed by atoms with Gasteiger partial charge in [-0.3, -0.25) is 10.1 Å². The number of hydrogen-bond acceptors (Lipinski definition) is 5. The molecular formula is C17H13ClFN3OS2. The zero-order chi connectivity index (χ0) is 17.6. The van der Waals surface area contributed by atoms with Gasteiger partial charge in [-0.15, -0.1) is 22.0 Å². The second-order valence-electron chi connectivity index (χ2n) is 5.06. The quantitative estimate of drug-likeness (QED) is 0.649. The summed E-state index contributed by atoms with van der Waals surface area (Å²) < 4.78 is 13.7. The van der Waals surface area contributed by atoms with Gasteiger partial charge in [0.15, 0.2) is 0 Å². The smallest absolute Gasteiger partial charge is 0.236 e. The molecule has 1 heterocycles. The minimum atomic E-state index is -0.364. The molecule has 0 aliphatic carbocycles. The van der Waals surface area contributed by atoms with Crippen molar-refractivity contribution in [2.24, 2.45) is 0 Å². The Morgan fingerprint density at radius 2 is 2.00 bits per heavy atom. The van der Waals surface area contributed by atoms with Crippen LogP contribution in [0.5, 0.6) is 0 Å². The first-order valence-electron chi connectivity index (χ1n) is 7.32. The van der Waals surface area contributed by atoms with Gasteiger partial charge in [-0.1, -0.05) is 59.3 Å². The lowest BCUT2D eigenvalue weighted by Crippen LogP contribution is -2.14. The number of rotatable bonds is 6. The van der Waals surface area contributed by atoms with Gasteiger partial charge in [-0.25, -0.2) is 4.39 Å². The van der Waals surface area contributed by atoms with Crippen LogP contribution in [0.25, 0.3) is 10.6 Å². The van der Waals surface area contributed by atoms with Crippen molar-refractivity contribution in [3.63, 3.8) is 0 Å². The third-order valence-corrected chi connectivity index (χ3v) is 5.30. The molecule has 3 rings (SSSR count). The van der Waals surface area contributed by atoms with E-state index in [9.17, 15) is 9.18 Å². The van der Waals surface area contributed by atoms with E-state index in [-0.39, 0.29) is 17.5 Å². The summed E-state index contributed by atoms with van der Waals surface area (Å²) in [6.07, 6.45) is 0. The van der Waals surface area contributed by atoms with Crippen molar-refractivity contribution in [2.45, 2.75) is 5.75 Å². The van der Waals surface area contributed by atoms with Crippen molar-refractivity contribution >= 4 is 45.7 Å². The number of benzene rings is 2. The number of halogens is 2. The van der Waals surface area contributed by atoms with E-state index < -0.39 is 0 Å². The van der Waals surface area contributed by atoms with Gasteiger partial charge in [-0.2, -0.15) is 0 Å². The summed E-state index contributed by atoms with van der Waals surface area (Å²) in [7, 11) is 0. The predicted molar refractivity (Wildman–Crippen MR) is 102 cm³/mol. The van der Waals surface area contributed by atoms with E-state index in [1.807, 2.05) is 30.3 Å². The number of nitrogens with zero attached hydrogens (tertiary/aromatic N) is 2. The summed E-state index contributed by atoms with van der Waals surface area (Å²) >= 11 is 8.34. The van der Waals surface area contributed by atoms with E-state index in [2.05, 4.69) is 15.5 Å². The van der Waals surface area contributed by atoms with Gasteiger partial charge in [0, 0.05) is 16.3 Å². The second kappa shape index (κ2) is 8.42. The molecule has 0 unspecified atom stereocenters. The van der Waals surface area contributed by atoms with Crippen LogP contribution in [0, 0.1) is 5.82 Å². The van der Waals surface area contributed by atoms with Gasteiger partial charge < -0.3 is 0 Å². The van der Waals surface area contributed by atoms with E-state index in [0.717, 1.165) is 10.6 Å². The lowest BCUT2D eigenvalue weighted by Gasteiger charge is -2.04. The molecule has 8 heteroatoms. The van der Waals surface area contributed by atoms with E-state index >= 15 is 0 Å². The molecule has 1 aromatic heterocycles. The number of carbonyl (C=O) groups excluding carboxylic acids is 1. The SMILES string of the molecule is O=C(CSCc1ccc(Cl)cc1F)Nc1nnc(-c2ccccc2)s1. The number of anilines is 1. The van der Waals surface area contributed by atoms with Crippen LogP contribution in [0.2, 0.25) is 5.02 Å². The molecule has 0 atom stereocenters.